The minimum Gasteiger partial charge on any atom is -0.491 e. The number of halogens is 4. The standard InChI is InChI=1S/C22H26ClF3N2O7S/c1-3-4-5-10-36(30,31)35-21(29)28-13-15-6-7-17(33-9-8-32-2)12-19(15)34-20-18(23)11-16(14-27-20)22(24,25)26/h6-7,11-12,14H,3-5,8-10,13H2,1-2H3,(H,28,29). The maximum absolute atomic E-state index is 12.9. The first-order valence-electron chi connectivity index (χ1n) is 10.8. The average molecular weight is 555 g/mol. The highest BCUT2D eigenvalue weighted by Gasteiger charge is 2.32. The van der Waals surface area contributed by atoms with Crippen LogP contribution in [0.5, 0.6) is 17.4 Å². The van der Waals surface area contributed by atoms with Crippen molar-refractivity contribution in [3.05, 3.63) is 46.6 Å². The minimum atomic E-state index is -4.64. The Morgan fingerprint density at radius 2 is 1.92 bits per heavy atom. The molecule has 0 fully saturated rings. The van der Waals surface area contributed by atoms with Crippen LogP contribution in [0.4, 0.5) is 18.0 Å². The lowest BCUT2D eigenvalue weighted by Gasteiger charge is -2.15. The zero-order chi connectivity index (χ0) is 26.8. The number of pyridine rings is 1. The Morgan fingerprint density at radius 1 is 1.17 bits per heavy atom. The molecule has 0 atom stereocenters. The first-order chi connectivity index (χ1) is 16.9. The monoisotopic (exact) mass is 554 g/mol. The number of carbonyl (C=O) groups is 1. The highest BCUT2D eigenvalue weighted by Crippen LogP contribution is 2.36. The van der Waals surface area contributed by atoms with Gasteiger partial charge in [-0.2, -0.15) is 21.6 Å². The topological polar surface area (TPSA) is 113 Å². The van der Waals surface area contributed by atoms with Gasteiger partial charge in [-0.1, -0.05) is 31.4 Å². The van der Waals surface area contributed by atoms with Crippen molar-refractivity contribution in [3.8, 4) is 17.4 Å². The summed E-state index contributed by atoms with van der Waals surface area (Å²) >= 11 is 5.94. The van der Waals surface area contributed by atoms with Gasteiger partial charge in [-0.3, -0.25) is 0 Å². The van der Waals surface area contributed by atoms with E-state index in [2.05, 4.69) is 14.5 Å². The van der Waals surface area contributed by atoms with E-state index < -0.39 is 33.0 Å². The lowest BCUT2D eigenvalue weighted by Crippen LogP contribution is -2.27. The molecule has 0 aliphatic carbocycles. The number of carbonyl (C=O) groups excluding carboxylic acids is 1. The van der Waals surface area contributed by atoms with Crippen LogP contribution in [0.25, 0.3) is 0 Å². The van der Waals surface area contributed by atoms with E-state index in [1.165, 1.54) is 19.2 Å². The second-order valence-corrected chi connectivity index (χ2v) is 9.51. The van der Waals surface area contributed by atoms with Crippen molar-refractivity contribution < 1.29 is 44.8 Å². The Bertz CT molecular complexity index is 1130. The van der Waals surface area contributed by atoms with Gasteiger partial charge in [-0.15, -0.1) is 0 Å². The van der Waals surface area contributed by atoms with E-state index in [1.807, 2.05) is 6.92 Å². The molecule has 1 aromatic heterocycles. The summed E-state index contributed by atoms with van der Waals surface area (Å²) in [6.45, 7) is 2.16. The van der Waals surface area contributed by atoms with E-state index in [0.29, 0.717) is 43.0 Å². The van der Waals surface area contributed by atoms with Gasteiger partial charge in [-0.05, 0) is 24.6 Å². The van der Waals surface area contributed by atoms with Crippen molar-refractivity contribution in [1.82, 2.24) is 10.3 Å². The molecule has 0 saturated heterocycles. The van der Waals surface area contributed by atoms with Crippen molar-refractivity contribution in [2.75, 3.05) is 26.1 Å². The summed E-state index contributed by atoms with van der Waals surface area (Å²) in [6.07, 6.45) is -3.44. The Balaban J connectivity index is 2.19. The van der Waals surface area contributed by atoms with Crippen LogP contribution in [0.2, 0.25) is 5.02 Å². The number of hydrogen-bond acceptors (Lipinski definition) is 8. The van der Waals surface area contributed by atoms with Crippen molar-refractivity contribution >= 4 is 27.8 Å². The van der Waals surface area contributed by atoms with Gasteiger partial charge in [0.15, 0.2) is 0 Å². The predicted octanol–water partition coefficient (Wildman–Crippen LogP) is 5.32. The van der Waals surface area contributed by atoms with E-state index in [1.54, 1.807) is 6.07 Å². The maximum atomic E-state index is 12.9. The van der Waals surface area contributed by atoms with Crippen LogP contribution in [0.15, 0.2) is 30.5 Å². The average Bonchev–Trinajstić information content (AvgIpc) is 2.79. The molecular weight excluding hydrogens is 529 g/mol. The fraction of sp³-hybridized carbons (Fsp3) is 0.455. The third kappa shape index (κ3) is 9.70. The molecule has 0 aliphatic heterocycles. The van der Waals surface area contributed by atoms with Gasteiger partial charge in [0.2, 0.25) is 5.88 Å². The van der Waals surface area contributed by atoms with Crippen LogP contribution >= 0.6 is 11.6 Å². The molecule has 2 rings (SSSR count). The number of rotatable bonds is 13. The van der Waals surface area contributed by atoms with Crippen molar-refractivity contribution in [2.45, 2.75) is 38.9 Å². The minimum absolute atomic E-state index is 0.0465. The van der Waals surface area contributed by atoms with E-state index in [9.17, 15) is 26.4 Å². The van der Waals surface area contributed by atoms with Gasteiger partial charge < -0.3 is 23.7 Å². The van der Waals surface area contributed by atoms with Crippen LogP contribution in [-0.2, 0) is 31.8 Å². The fourth-order valence-corrected chi connectivity index (χ4v) is 3.89. The van der Waals surface area contributed by atoms with Gasteiger partial charge in [0.05, 0.1) is 17.9 Å². The third-order valence-corrected chi connectivity index (χ3v) is 6.02. The normalized spacial score (nSPS) is 11.7. The van der Waals surface area contributed by atoms with Crippen molar-refractivity contribution in [1.29, 1.82) is 0 Å². The lowest BCUT2D eigenvalue weighted by molar-refractivity contribution is -0.137. The first-order valence-corrected chi connectivity index (χ1v) is 12.8. The van der Waals surface area contributed by atoms with Gasteiger partial charge in [-0.25, -0.2) is 9.78 Å². The molecule has 1 N–H and O–H groups in total. The first kappa shape index (κ1) is 29.5. The fourth-order valence-electron chi connectivity index (χ4n) is 2.75. The molecule has 0 saturated carbocycles. The number of nitrogens with zero attached hydrogens (tertiary/aromatic N) is 1. The summed E-state index contributed by atoms with van der Waals surface area (Å²) in [4.78, 5) is 15.7. The Morgan fingerprint density at radius 3 is 2.56 bits per heavy atom. The molecular formula is C22H26ClF3N2O7S. The molecule has 0 radical (unpaired) electrons. The molecule has 2 aromatic rings. The third-order valence-electron chi connectivity index (χ3n) is 4.56. The summed E-state index contributed by atoms with van der Waals surface area (Å²) in [5.74, 6) is -0.241. The summed E-state index contributed by atoms with van der Waals surface area (Å²) < 4.78 is 83.1. The number of alkyl halides is 3. The summed E-state index contributed by atoms with van der Waals surface area (Å²) in [7, 11) is -2.56. The number of hydrogen-bond donors (Lipinski definition) is 1. The second-order valence-electron chi connectivity index (χ2n) is 7.41. The smallest absolute Gasteiger partial charge is 0.423 e. The van der Waals surface area contributed by atoms with Crippen LogP contribution in [0.3, 0.4) is 0 Å². The van der Waals surface area contributed by atoms with E-state index in [-0.39, 0.29) is 30.5 Å². The zero-order valence-electron chi connectivity index (χ0n) is 19.6. The second kappa shape index (κ2) is 13.5. The molecule has 1 aromatic carbocycles. The van der Waals surface area contributed by atoms with E-state index in [4.69, 9.17) is 25.8 Å². The molecule has 0 spiro atoms. The molecule has 14 heteroatoms. The molecule has 0 bridgehead atoms. The number of methoxy groups -OCH3 is 1. The SMILES string of the molecule is CCCCCS(=O)(=O)OC(=O)NCc1ccc(OCCOC)cc1Oc1ncc(C(F)(F)F)cc1Cl. The van der Waals surface area contributed by atoms with Crippen molar-refractivity contribution in [3.63, 3.8) is 0 Å². The number of aromatic nitrogens is 1. The number of nitrogens with one attached hydrogen (secondary N) is 1. The Kier molecular flexibility index (Phi) is 11.1. The van der Waals surface area contributed by atoms with Gasteiger partial charge in [0.1, 0.15) is 23.1 Å². The number of amides is 1. The largest absolute Gasteiger partial charge is 0.491 e. The number of benzene rings is 1. The molecule has 1 amide bonds. The van der Waals surface area contributed by atoms with E-state index >= 15 is 0 Å². The predicted molar refractivity (Wildman–Crippen MR) is 125 cm³/mol. The van der Waals surface area contributed by atoms with E-state index in [0.717, 1.165) is 6.42 Å². The van der Waals surface area contributed by atoms with Gasteiger partial charge in [0, 0.05) is 31.5 Å². The maximum Gasteiger partial charge on any atom is 0.423 e. The number of ether oxygens (including phenoxy) is 3. The number of unbranched alkanes of at least 4 members (excludes halogenated alkanes) is 2. The molecule has 200 valence electrons. The molecule has 36 heavy (non-hydrogen) atoms. The lowest BCUT2D eigenvalue weighted by atomic mass is 10.2. The highest BCUT2D eigenvalue weighted by molar-refractivity contribution is 7.87. The Labute approximate surface area is 212 Å². The van der Waals surface area contributed by atoms with Gasteiger partial charge in [0.25, 0.3) is 0 Å². The summed E-state index contributed by atoms with van der Waals surface area (Å²) in [5.41, 5.74) is -0.742. The van der Waals surface area contributed by atoms with Gasteiger partial charge >= 0.3 is 22.4 Å². The molecule has 0 aliphatic rings. The zero-order valence-corrected chi connectivity index (χ0v) is 21.1. The summed E-state index contributed by atoms with van der Waals surface area (Å²) in [6, 6.07) is 5.14. The summed E-state index contributed by atoms with van der Waals surface area (Å²) in [5, 5.41) is 1.91. The highest BCUT2D eigenvalue weighted by atomic mass is 35.5. The van der Waals surface area contributed by atoms with Crippen molar-refractivity contribution in [2.24, 2.45) is 0 Å². The van der Waals surface area contributed by atoms with Crippen LogP contribution in [0.1, 0.15) is 37.3 Å². The molecule has 9 nitrogen and oxygen atoms in total. The Hall–Kier alpha value is -2.77. The van der Waals surface area contributed by atoms with Crippen LogP contribution < -0.4 is 14.8 Å². The van der Waals surface area contributed by atoms with Crippen LogP contribution in [-0.4, -0.2) is 45.6 Å². The molecule has 1 heterocycles. The molecule has 0 unspecified atom stereocenters. The quantitative estimate of drug-likeness (QED) is 0.261. The van der Waals surface area contributed by atoms with Crippen LogP contribution in [0, 0.1) is 0 Å².